The van der Waals surface area contributed by atoms with Gasteiger partial charge in [0.1, 0.15) is 18.1 Å². The molecule has 0 saturated carbocycles. The number of ether oxygens (including phenoxy) is 1. The van der Waals surface area contributed by atoms with Crippen LogP contribution in [0.2, 0.25) is 0 Å². The highest BCUT2D eigenvalue weighted by Crippen LogP contribution is 2.25. The molecule has 33 heavy (non-hydrogen) atoms. The lowest BCUT2D eigenvalue weighted by Gasteiger charge is -2.12. The normalized spacial score (nSPS) is 14.5. The summed E-state index contributed by atoms with van der Waals surface area (Å²) in [6.07, 6.45) is 1.57. The van der Waals surface area contributed by atoms with Crippen molar-refractivity contribution in [2.75, 3.05) is 0 Å². The van der Waals surface area contributed by atoms with E-state index in [9.17, 15) is 19.7 Å². The molecule has 0 aliphatic carbocycles. The smallest absolute Gasteiger partial charge is 0.329 e. The molecule has 0 unspecified atom stereocenters. The lowest BCUT2D eigenvalue weighted by molar-refractivity contribution is -0.384. The second-order valence-electron chi connectivity index (χ2n) is 7.62. The van der Waals surface area contributed by atoms with E-state index in [1.807, 2.05) is 31.2 Å². The average molecular weight is 443 g/mol. The Labute approximate surface area is 190 Å². The van der Waals surface area contributed by atoms with Crippen LogP contribution in [-0.4, -0.2) is 21.8 Å². The lowest BCUT2D eigenvalue weighted by Crippen LogP contribution is -2.30. The molecule has 3 aromatic carbocycles. The van der Waals surface area contributed by atoms with Gasteiger partial charge < -0.3 is 10.1 Å². The van der Waals surface area contributed by atoms with E-state index in [1.54, 1.807) is 42.5 Å². The number of non-ortho nitro benzene ring substituents is 1. The van der Waals surface area contributed by atoms with Crippen molar-refractivity contribution in [2.45, 2.75) is 20.1 Å². The summed E-state index contributed by atoms with van der Waals surface area (Å²) >= 11 is 0. The van der Waals surface area contributed by atoms with Gasteiger partial charge in [0.25, 0.3) is 11.6 Å². The van der Waals surface area contributed by atoms with Crippen LogP contribution in [0.4, 0.5) is 10.5 Å². The molecule has 1 fully saturated rings. The van der Waals surface area contributed by atoms with E-state index in [4.69, 9.17) is 4.74 Å². The summed E-state index contributed by atoms with van der Waals surface area (Å²) in [6, 6.07) is 20.4. The van der Waals surface area contributed by atoms with Gasteiger partial charge in [-0.2, -0.15) is 0 Å². The zero-order chi connectivity index (χ0) is 23.4. The summed E-state index contributed by atoms with van der Waals surface area (Å²) in [7, 11) is 0. The van der Waals surface area contributed by atoms with Crippen molar-refractivity contribution in [1.29, 1.82) is 0 Å². The molecule has 1 heterocycles. The van der Waals surface area contributed by atoms with E-state index in [0.29, 0.717) is 16.9 Å². The summed E-state index contributed by atoms with van der Waals surface area (Å²) in [5.74, 6) is 0.0608. The number of carbonyl (C=O) groups is 2. The Morgan fingerprint density at radius 3 is 2.55 bits per heavy atom. The van der Waals surface area contributed by atoms with Gasteiger partial charge in [0.2, 0.25) is 0 Å². The molecule has 1 N–H and O–H groups in total. The Morgan fingerprint density at radius 1 is 1.00 bits per heavy atom. The number of hydrogen-bond donors (Lipinski definition) is 1. The SMILES string of the molecule is Cc1cccc(CN2C(=O)N/C(=C/c3ccccc3OCc3cccc([N+](=O)[O-])c3)C2=O)c1. The fourth-order valence-electron chi connectivity index (χ4n) is 3.52. The van der Waals surface area contributed by atoms with Gasteiger partial charge >= 0.3 is 6.03 Å². The number of nitro groups is 1. The molecule has 8 nitrogen and oxygen atoms in total. The van der Waals surface area contributed by atoms with Crippen LogP contribution in [0.5, 0.6) is 5.75 Å². The van der Waals surface area contributed by atoms with Crippen LogP contribution in [0.15, 0.2) is 78.5 Å². The molecule has 3 aromatic rings. The molecule has 1 aliphatic rings. The molecular weight excluding hydrogens is 422 g/mol. The Hall–Kier alpha value is -4.46. The molecule has 1 saturated heterocycles. The van der Waals surface area contributed by atoms with Crippen molar-refractivity contribution in [3.63, 3.8) is 0 Å². The van der Waals surface area contributed by atoms with Crippen molar-refractivity contribution >= 4 is 23.7 Å². The van der Waals surface area contributed by atoms with Gasteiger partial charge in [-0.3, -0.25) is 19.8 Å². The van der Waals surface area contributed by atoms with Gasteiger partial charge in [-0.05, 0) is 30.2 Å². The first kappa shape index (κ1) is 21.8. The van der Waals surface area contributed by atoms with Crippen LogP contribution in [-0.2, 0) is 17.9 Å². The Kier molecular flexibility index (Phi) is 6.17. The van der Waals surface area contributed by atoms with Gasteiger partial charge in [0.15, 0.2) is 0 Å². The number of benzene rings is 3. The van der Waals surface area contributed by atoms with Crippen molar-refractivity contribution in [3.05, 3.63) is 111 Å². The van der Waals surface area contributed by atoms with Crippen molar-refractivity contribution in [3.8, 4) is 5.75 Å². The maximum Gasteiger partial charge on any atom is 0.329 e. The maximum atomic E-state index is 12.9. The van der Waals surface area contributed by atoms with Crippen LogP contribution < -0.4 is 10.1 Å². The minimum Gasteiger partial charge on any atom is -0.488 e. The highest BCUT2D eigenvalue weighted by molar-refractivity contribution is 6.14. The quantitative estimate of drug-likeness (QED) is 0.249. The summed E-state index contributed by atoms with van der Waals surface area (Å²) in [6.45, 7) is 2.24. The van der Waals surface area contributed by atoms with Crippen molar-refractivity contribution < 1.29 is 19.2 Å². The monoisotopic (exact) mass is 443 g/mol. The number of aryl methyl sites for hydroxylation is 1. The largest absolute Gasteiger partial charge is 0.488 e. The van der Waals surface area contributed by atoms with E-state index in [-0.39, 0.29) is 24.5 Å². The number of nitrogens with zero attached hydrogens (tertiary/aromatic N) is 2. The molecule has 0 bridgehead atoms. The summed E-state index contributed by atoms with van der Waals surface area (Å²) < 4.78 is 5.86. The van der Waals surface area contributed by atoms with E-state index in [2.05, 4.69) is 5.32 Å². The fraction of sp³-hybridized carbons (Fsp3) is 0.120. The zero-order valence-corrected chi connectivity index (χ0v) is 17.9. The fourth-order valence-corrected chi connectivity index (χ4v) is 3.52. The van der Waals surface area contributed by atoms with Crippen LogP contribution in [0.25, 0.3) is 6.08 Å². The number of urea groups is 1. The Bertz CT molecular complexity index is 1270. The first-order valence-electron chi connectivity index (χ1n) is 10.3. The number of nitrogens with one attached hydrogen (secondary N) is 1. The predicted octanol–water partition coefficient (Wildman–Crippen LogP) is 4.58. The number of hydrogen-bond acceptors (Lipinski definition) is 5. The summed E-state index contributed by atoms with van der Waals surface area (Å²) in [4.78, 5) is 37.0. The highest BCUT2D eigenvalue weighted by Gasteiger charge is 2.33. The third kappa shape index (κ3) is 5.07. The molecular formula is C25H21N3O5. The van der Waals surface area contributed by atoms with Gasteiger partial charge in [-0.15, -0.1) is 0 Å². The second-order valence-corrected chi connectivity index (χ2v) is 7.62. The number of para-hydroxylation sites is 1. The van der Waals surface area contributed by atoms with E-state index in [0.717, 1.165) is 16.0 Å². The average Bonchev–Trinajstić information content (AvgIpc) is 3.06. The van der Waals surface area contributed by atoms with Gasteiger partial charge in [-0.1, -0.05) is 60.2 Å². The van der Waals surface area contributed by atoms with Gasteiger partial charge in [-0.25, -0.2) is 4.79 Å². The summed E-state index contributed by atoms with van der Waals surface area (Å²) in [5.41, 5.74) is 3.29. The standard InChI is InChI=1S/C25H21N3O5/c1-17-6-4-7-18(12-17)15-27-24(29)22(26-25(27)30)14-20-9-2-3-11-23(20)33-16-19-8-5-10-21(13-19)28(31)32/h2-14H,15-16H2,1H3,(H,26,30)/b22-14+. The molecule has 0 aromatic heterocycles. The van der Waals surface area contributed by atoms with Gasteiger partial charge in [0.05, 0.1) is 11.5 Å². The van der Waals surface area contributed by atoms with Gasteiger partial charge in [0, 0.05) is 17.7 Å². The van der Waals surface area contributed by atoms with Crippen molar-refractivity contribution in [1.82, 2.24) is 10.2 Å². The topological polar surface area (TPSA) is 102 Å². The molecule has 8 heteroatoms. The Morgan fingerprint density at radius 2 is 1.76 bits per heavy atom. The number of amides is 3. The second kappa shape index (κ2) is 9.35. The number of carbonyl (C=O) groups excluding carboxylic acids is 2. The molecule has 166 valence electrons. The van der Waals surface area contributed by atoms with Crippen LogP contribution in [0.3, 0.4) is 0 Å². The molecule has 0 radical (unpaired) electrons. The minimum atomic E-state index is -0.484. The highest BCUT2D eigenvalue weighted by atomic mass is 16.6. The lowest BCUT2D eigenvalue weighted by atomic mass is 10.1. The van der Waals surface area contributed by atoms with E-state index >= 15 is 0 Å². The first-order chi connectivity index (χ1) is 15.9. The minimum absolute atomic E-state index is 0.0144. The predicted molar refractivity (Wildman–Crippen MR) is 122 cm³/mol. The first-order valence-corrected chi connectivity index (χ1v) is 10.3. The Balaban J connectivity index is 1.51. The third-order valence-corrected chi connectivity index (χ3v) is 5.12. The maximum absolute atomic E-state index is 12.9. The molecule has 0 atom stereocenters. The zero-order valence-electron chi connectivity index (χ0n) is 17.9. The number of rotatable bonds is 7. The van der Waals surface area contributed by atoms with Crippen molar-refractivity contribution in [2.24, 2.45) is 0 Å². The molecule has 4 rings (SSSR count). The summed E-state index contributed by atoms with van der Waals surface area (Å²) in [5, 5.41) is 13.6. The molecule has 3 amide bonds. The van der Waals surface area contributed by atoms with Crippen LogP contribution in [0.1, 0.15) is 22.3 Å². The molecule has 1 aliphatic heterocycles. The van der Waals surface area contributed by atoms with Crippen LogP contribution >= 0.6 is 0 Å². The third-order valence-electron chi connectivity index (χ3n) is 5.12. The molecule has 0 spiro atoms. The number of imide groups is 1. The number of nitro benzene ring substituents is 1. The van der Waals surface area contributed by atoms with Crippen LogP contribution in [0, 0.1) is 17.0 Å². The van der Waals surface area contributed by atoms with E-state index in [1.165, 1.54) is 12.1 Å². The van der Waals surface area contributed by atoms with E-state index < -0.39 is 16.9 Å².